The Kier molecular flexibility index (Phi) is 6.12. The molecule has 0 heterocycles. The zero-order valence-corrected chi connectivity index (χ0v) is 12.2. The molecular formula is C14H20ClNO3. The fourth-order valence-electron chi connectivity index (χ4n) is 1.77. The number of hydrogen-bond donors (Lipinski definition) is 2. The summed E-state index contributed by atoms with van der Waals surface area (Å²) in [6.45, 7) is 4.42. The smallest absolute Gasteiger partial charge is 0.320 e. The molecule has 1 atom stereocenters. The Bertz CT molecular complexity index is 435. The molecule has 2 N–H and O–H groups in total. The number of nitrogens with one attached hydrogen (secondary N) is 1. The van der Waals surface area contributed by atoms with Gasteiger partial charge in [-0.25, -0.2) is 0 Å². The van der Waals surface area contributed by atoms with Crippen LogP contribution in [0.5, 0.6) is 5.75 Å². The van der Waals surface area contributed by atoms with Gasteiger partial charge < -0.3 is 15.2 Å². The highest BCUT2D eigenvalue weighted by Gasteiger charge is 2.18. The van der Waals surface area contributed by atoms with Gasteiger partial charge >= 0.3 is 5.97 Å². The fraction of sp³-hybridized carbons (Fsp3) is 0.500. The minimum absolute atomic E-state index is 0.319. The molecule has 1 aromatic carbocycles. The summed E-state index contributed by atoms with van der Waals surface area (Å²) in [6, 6.07) is 4.80. The van der Waals surface area contributed by atoms with Crippen molar-refractivity contribution < 1.29 is 14.6 Å². The average molecular weight is 286 g/mol. The Balaban J connectivity index is 2.66. The normalized spacial score (nSPS) is 12.5. The lowest BCUT2D eigenvalue weighted by Gasteiger charge is -2.17. The number of methoxy groups -OCH3 is 1. The Morgan fingerprint density at radius 2 is 2.16 bits per heavy atom. The standard InChI is InChI=1S/C14H20ClNO3/c1-9(2)6-13(14(17)18)16-8-10-4-5-11(19-3)7-12(10)15/h4-5,7,9,13,16H,6,8H2,1-3H3,(H,17,18). The minimum Gasteiger partial charge on any atom is -0.497 e. The molecule has 5 heteroatoms. The van der Waals surface area contributed by atoms with Gasteiger partial charge in [0.2, 0.25) is 0 Å². The zero-order chi connectivity index (χ0) is 14.4. The number of carboxylic acids is 1. The molecule has 0 saturated heterocycles. The van der Waals surface area contributed by atoms with Crippen molar-refractivity contribution in [3.05, 3.63) is 28.8 Å². The van der Waals surface area contributed by atoms with Crippen molar-refractivity contribution in [3.63, 3.8) is 0 Å². The van der Waals surface area contributed by atoms with Crippen molar-refractivity contribution >= 4 is 17.6 Å². The molecule has 0 bridgehead atoms. The van der Waals surface area contributed by atoms with Gasteiger partial charge in [0, 0.05) is 11.6 Å². The van der Waals surface area contributed by atoms with Gasteiger partial charge in [-0.05, 0) is 30.0 Å². The van der Waals surface area contributed by atoms with Crippen molar-refractivity contribution in [3.8, 4) is 5.75 Å². The Morgan fingerprint density at radius 3 is 2.63 bits per heavy atom. The maximum Gasteiger partial charge on any atom is 0.320 e. The van der Waals surface area contributed by atoms with E-state index in [0.29, 0.717) is 29.7 Å². The van der Waals surface area contributed by atoms with Gasteiger partial charge in [0.25, 0.3) is 0 Å². The van der Waals surface area contributed by atoms with Crippen LogP contribution >= 0.6 is 11.6 Å². The van der Waals surface area contributed by atoms with Crippen LogP contribution in [0.4, 0.5) is 0 Å². The third-order valence-corrected chi connectivity index (χ3v) is 3.16. The molecule has 0 aliphatic heterocycles. The van der Waals surface area contributed by atoms with Crippen LogP contribution < -0.4 is 10.1 Å². The first-order valence-corrected chi connectivity index (χ1v) is 6.60. The highest BCUT2D eigenvalue weighted by atomic mass is 35.5. The fourth-order valence-corrected chi connectivity index (χ4v) is 2.01. The van der Waals surface area contributed by atoms with Crippen molar-refractivity contribution in [2.24, 2.45) is 5.92 Å². The molecule has 0 aromatic heterocycles. The molecule has 106 valence electrons. The molecule has 0 aliphatic rings. The number of carboxylic acid groups (broad SMARTS) is 1. The minimum atomic E-state index is -0.835. The van der Waals surface area contributed by atoms with E-state index in [1.165, 1.54) is 0 Å². The summed E-state index contributed by atoms with van der Waals surface area (Å²) in [6.07, 6.45) is 0.586. The van der Waals surface area contributed by atoms with E-state index in [4.69, 9.17) is 21.4 Å². The van der Waals surface area contributed by atoms with Crippen LogP contribution in [0, 0.1) is 5.92 Å². The topological polar surface area (TPSA) is 58.6 Å². The Hall–Kier alpha value is -1.26. The van der Waals surface area contributed by atoms with Crippen molar-refractivity contribution in [2.75, 3.05) is 7.11 Å². The number of benzene rings is 1. The predicted molar refractivity (Wildman–Crippen MR) is 75.7 cm³/mol. The third kappa shape index (κ3) is 5.09. The predicted octanol–water partition coefficient (Wildman–Crippen LogP) is 2.94. The van der Waals surface area contributed by atoms with Crippen LogP contribution in [-0.2, 0) is 11.3 Å². The molecular weight excluding hydrogens is 266 g/mol. The summed E-state index contributed by atoms with van der Waals surface area (Å²) in [4.78, 5) is 11.1. The molecule has 19 heavy (non-hydrogen) atoms. The molecule has 0 saturated carbocycles. The monoisotopic (exact) mass is 285 g/mol. The van der Waals surface area contributed by atoms with E-state index in [1.807, 2.05) is 19.9 Å². The molecule has 1 rings (SSSR count). The summed E-state index contributed by atoms with van der Waals surface area (Å²) in [5.74, 6) is 0.170. The van der Waals surface area contributed by atoms with E-state index in [9.17, 15) is 4.79 Å². The second kappa shape index (κ2) is 7.36. The summed E-state index contributed by atoms with van der Waals surface area (Å²) < 4.78 is 5.07. The van der Waals surface area contributed by atoms with E-state index >= 15 is 0 Å². The number of ether oxygens (including phenoxy) is 1. The van der Waals surface area contributed by atoms with Crippen LogP contribution in [0.25, 0.3) is 0 Å². The number of hydrogen-bond acceptors (Lipinski definition) is 3. The highest BCUT2D eigenvalue weighted by molar-refractivity contribution is 6.31. The molecule has 0 amide bonds. The first-order valence-electron chi connectivity index (χ1n) is 6.22. The van der Waals surface area contributed by atoms with Gasteiger partial charge in [-0.3, -0.25) is 4.79 Å². The van der Waals surface area contributed by atoms with Crippen LogP contribution in [0.15, 0.2) is 18.2 Å². The lowest BCUT2D eigenvalue weighted by atomic mass is 10.0. The summed E-state index contributed by atoms with van der Waals surface area (Å²) in [7, 11) is 1.58. The van der Waals surface area contributed by atoms with Gasteiger partial charge in [0.15, 0.2) is 0 Å². The Morgan fingerprint density at radius 1 is 1.47 bits per heavy atom. The van der Waals surface area contributed by atoms with E-state index in [1.54, 1.807) is 19.2 Å². The van der Waals surface area contributed by atoms with Crippen LogP contribution in [0.1, 0.15) is 25.8 Å². The maximum atomic E-state index is 11.1. The second-order valence-corrected chi connectivity index (χ2v) is 5.27. The Labute approximate surface area is 118 Å². The second-order valence-electron chi connectivity index (χ2n) is 4.86. The van der Waals surface area contributed by atoms with Gasteiger partial charge in [0.1, 0.15) is 11.8 Å². The molecule has 1 aromatic rings. The lowest BCUT2D eigenvalue weighted by molar-refractivity contribution is -0.140. The average Bonchev–Trinajstić information content (AvgIpc) is 2.34. The first kappa shape index (κ1) is 15.8. The zero-order valence-electron chi connectivity index (χ0n) is 11.4. The highest BCUT2D eigenvalue weighted by Crippen LogP contribution is 2.22. The SMILES string of the molecule is COc1ccc(CNC(CC(C)C)C(=O)O)c(Cl)c1. The van der Waals surface area contributed by atoms with Crippen LogP contribution in [0.3, 0.4) is 0 Å². The lowest BCUT2D eigenvalue weighted by Crippen LogP contribution is -2.37. The van der Waals surface area contributed by atoms with E-state index in [2.05, 4.69) is 5.32 Å². The van der Waals surface area contributed by atoms with Gasteiger partial charge in [0.05, 0.1) is 7.11 Å². The van der Waals surface area contributed by atoms with E-state index in [0.717, 1.165) is 5.56 Å². The van der Waals surface area contributed by atoms with Crippen molar-refractivity contribution in [1.82, 2.24) is 5.32 Å². The molecule has 0 fully saturated rings. The number of carbonyl (C=O) groups is 1. The molecule has 0 aliphatic carbocycles. The third-order valence-electron chi connectivity index (χ3n) is 2.80. The summed E-state index contributed by atoms with van der Waals surface area (Å²) in [5.41, 5.74) is 0.859. The number of halogens is 1. The van der Waals surface area contributed by atoms with Crippen LogP contribution in [-0.4, -0.2) is 24.2 Å². The molecule has 4 nitrogen and oxygen atoms in total. The molecule has 1 unspecified atom stereocenters. The van der Waals surface area contributed by atoms with Gasteiger partial charge in [-0.2, -0.15) is 0 Å². The van der Waals surface area contributed by atoms with Crippen molar-refractivity contribution in [2.45, 2.75) is 32.9 Å². The maximum absolute atomic E-state index is 11.1. The quantitative estimate of drug-likeness (QED) is 0.809. The largest absolute Gasteiger partial charge is 0.497 e. The van der Waals surface area contributed by atoms with E-state index < -0.39 is 12.0 Å². The van der Waals surface area contributed by atoms with Gasteiger partial charge in [-0.1, -0.05) is 31.5 Å². The van der Waals surface area contributed by atoms with Crippen LogP contribution in [0.2, 0.25) is 5.02 Å². The molecule has 0 radical (unpaired) electrons. The number of rotatable bonds is 7. The van der Waals surface area contributed by atoms with Crippen molar-refractivity contribution in [1.29, 1.82) is 0 Å². The number of aliphatic carboxylic acids is 1. The van der Waals surface area contributed by atoms with Gasteiger partial charge in [-0.15, -0.1) is 0 Å². The van der Waals surface area contributed by atoms with E-state index in [-0.39, 0.29) is 0 Å². The summed E-state index contributed by atoms with van der Waals surface area (Å²) in [5, 5.41) is 12.7. The first-order chi connectivity index (χ1) is 8.93. The molecule has 0 spiro atoms. The summed E-state index contributed by atoms with van der Waals surface area (Å²) >= 11 is 6.11.